The van der Waals surface area contributed by atoms with Crippen LogP contribution >= 0.6 is 0 Å². The second-order valence-corrected chi connectivity index (χ2v) is 10.6. The first-order valence-electron chi connectivity index (χ1n) is 11.6. The van der Waals surface area contributed by atoms with Gasteiger partial charge in [0.25, 0.3) is 5.91 Å². The molecule has 0 atom stereocenters. The standard InChI is InChI=1S/C28H34N2O4/c1-8-11-24(31)34-23-15-22(19(27(2,3)4)14-20(23)28(5,6)7)30-26(33)18-16-29-21-13-10-9-12-17(21)25(18)32/h9-10,12-16H,8,11H2,1-7H3,(H,29,32)(H,30,33). The van der Waals surface area contributed by atoms with Gasteiger partial charge in [-0.15, -0.1) is 0 Å². The summed E-state index contributed by atoms with van der Waals surface area (Å²) in [7, 11) is 0. The number of rotatable bonds is 5. The van der Waals surface area contributed by atoms with E-state index in [1.807, 2.05) is 19.1 Å². The molecule has 0 unspecified atom stereocenters. The summed E-state index contributed by atoms with van der Waals surface area (Å²) in [6.45, 7) is 14.2. The number of ether oxygens (including phenoxy) is 1. The summed E-state index contributed by atoms with van der Waals surface area (Å²) in [5.74, 6) is -0.423. The van der Waals surface area contributed by atoms with Gasteiger partial charge in [0.1, 0.15) is 11.3 Å². The van der Waals surface area contributed by atoms with Crippen molar-refractivity contribution in [1.82, 2.24) is 4.98 Å². The zero-order valence-electron chi connectivity index (χ0n) is 21.1. The topological polar surface area (TPSA) is 88.3 Å². The molecule has 0 spiro atoms. The Hall–Kier alpha value is -3.41. The Kier molecular flexibility index (Phi) is 7.01. The summed E-state index contributed by atoms with van der Waals surface area (Å²) in [6.07, 6.45) is 2.42. The number of aromatic nitrogens is 1. The number of esters is 1. The third-order valence-corrected chi connectivity index (χ3v) is 5.69. The fraction of sp³-hybridized carbons (Fsp3) is 0.393. The Balaban J connectivity index is 2.12. The monoisotopic (exact) mass is 462 g/mol. The molecule has 3 rings (SSSR count). The van der Waals surface area contributed by atoms with Crippen LogP contribution in [0.25, 0.3) is 10.9 Å². The van der Waals surface area contributed by atoms with Crippen molar-refractivity contribution in [3.8, 4) is 5.75 Å². The lowest BCUT2D eigenvalue weighted by Crippen LogP contribution is -2.25. The maximum atomic E-state index is 13.2. The van der Waals surface area contributed by atoms with Gasteiger partial charge in [-0.2, -0.15) is 0 Å². The number of hydrogen-bond donors (Lipinski definition) is 2. The van der Waals surface area contributed by atoms with Crippen molar-refractivity contribution in [3.05, 3.63) is 69.5 Å². The molecule has 6 heteroatoms. The molecule has 2 aromatic carbocycles. The number of hydrogen-bond acceptors (Lipinski definition) is 4. The van der Waals surface area contributed by atoms with E-state index >= 15 is 0 Å². The summed E-state index contributed by atoms with van der Waals surface area (Å²) >= 11 is 0. The Morgan fingerprint density at radius 1 is 0.971 bits per heavy atom. The molecule has 0 bridgehead atoms. The Labute approximate surface area is 200 Å². The number of nitrogens with one attached hydrogen (secondary N) is 2. The van der Waals surface area contributed by atoms with Crippen LogP contribution in [0, 0.1) is 0 Å². The highest BCUT2D eigenvalue weighted by Gasteiger charge is 2.28. The highest BCUT2D eigenvalue weighted by Crippen LogP contribution is 2.40. The molecule has 3 aromatic rings. The van der Waals surface area contributed by atoms with Crippen LogP contribution in [0.1, 0.15) is 82.8 Å². The number of H-pyrrole nitrogens is 1. The van der Waals surface area contributed by atoms with Gasteiger partial charge in [0, 0.05) is 40.8 Å². The highest BCUT2D eigenvalue weighted by atomic mass is 16.5. The first kappa shape index (κ1) is 25.2. The second-order valence-electron chi connectivity index (χ2n) is 10.6. The fourth-order valence-electron chi connectivity index (χ4n) is 3.88. The van der Waals surface area contributed by atoms with E-state index in [1.165, 1.54) is 6.20 Å². The second kappa shape index (κ2) is 9.45. The van der Waals surface area contributed by atoms with Crippen LogP contribution in [0.3, 0.4) is 0 Å². The quantitative estimate of drug-likeness (QED) is 0.355. The lowest BCUT2D eigenvalue weighted by molar-refractivity contribution is -0.134. The van der Waals surface area contributed by atoms with E-state index in [0.29, 0.717) is 35.2 Å². The van der Waals surface area contributed by atoms with E-state index in [9.17, 15) is 14.4 Å². The smallest absolute Gasteiger partial charge is 0.311 e. The van der Waals surface area contributed by atoms with Gasteiger partial charge >= 0.3 is 5.97 Å². The largest absolute Gasteiger partial charge is 0.426 e. The summed E-state index contributed by atoms with van der Waals surface area (Å²) in [5, 5.41) is 3.36. The van der Waals surface area contributed by atoms with E-state index in [-0.39, 0.29) is 27.8 Å². The Morgan fingerprint density at radius 3 is 2.24 bits per heavy atom. The van der Waals surface area contributed by atoms with E-state index < -0.39 is 5.91 Å². The van der Waals surface area contributed by atoms with Crippen LogP contribution < -0.4 is 15.5 Å². The van der Waals surface area contributed by atoms with Crippen LogP contribution in [-0.2, 0) is 15.6 Å². The van der Waals surface area contributed by atoms with E-state index in [2.05, 4.69) is 51.8 Å². The molecular weight excluding hydrogens is 428 g/mol. The number of fused-ring (bicyclic) bond motifs is 1. The number of amides is 1. The normalized spacial score (nSPS) is 12.0. The minimum atomic E-state index is -0.521. The molecule has 0 aliphatic carbocycles. The number of anilines is 1. The van der Waals surface area contributed by atoms with Crippen molar-refractivity contribution in [2.75, 3.05) is 5.32 Å². The molecule has 180 valence electrons. The molecule has 0 saturated heterocycles. The number of para-hydroxylation sites is 1. The van der Waals surface area contributed by atoms with E-state index in [4.69, 9.17) is 4.74 Å². The number of pyridine rings is 1. The molecule has 1 aromatic heterocycles. The summed E-state index contributed by atoms with van der Waals surface area (Å²) in [5.41, 5.74) is 2.01. The summed E-state index contributed by atoms with van der Waals surface area (Å²) < 4.78 is 5.73. The lowest BCUT2D eigenvalue weighted by Gasteiger charge is -2.29. The molecule has 2 N–H and O–H groups in total. The molecular formula is C28H34N2O4. The number of carbonyl (C=O) groups excluding carboxylic acids is 2. The summed E-state index contributed by atoms with van der Waals surface area (Å²) in [6, 6.07) is 10.8. The van der Waals surface area contributed by atoms with Crippen molar-refractivity contribution < 1.29 is 14.3 Å². The fourth-order valence-corrected chi connectivity index (χ4v) is 3.88. The van der Waals surface area contributed by atoms with Crippen molar-refractivity contribution in [1.29, 1.82) is 0 Å². The van der Waals surface area contributed by atoms with Gasteiger partial charge in [0.2, 0.25) is 5.43 Å². The minimum absolute atomic E-state index is 0.0167. The van der Waals surface area contributed by atoms with Gasteiger partial charge in [-0.3, -0.25) is 14.4 Å². The average Bonchev–Trinajstić information content (AvgIpc) is 2.72. The molecule has 34 heavy (non-hydrogen) atoms. The minimum Gasteiger partial charge on any atom is -0.426 e. The zero-order chi connectivity index (χ0) is 25.3. The van der Waals surface area contributed by atoms with Gasteiger partial charge in [0.15, 0.2) is 0 Å². The molecule has 0 aliphatic heterocycles. The molecule has 1 amide bonds. The van der Waals surface area contributed by atoms with Crippen LogP contribution in [0.15, 0.2) is 47.4 Å². The van der Waals surface area contributed by atoms with Crippen molar-refractivity contribution in [2.24, 2.45) is 0 Å². The third kappa shape index (κ3) is 5.38. The predicted molar refractivity (Wildman–Crippen MR) is 137 cm³/mol. The summed E-state index contributed by atoms with van der Waals surface area (Å²) in [4.78, 5) is 41.6. The lowest BCUT2D eigenvalue weighted by atomic mass is 9.79. The van der Waals surface area contributed by atoms with Gasteiger partial charge in [-0.25, -0.2) is 0 Å². The molecule has 1 heterocycles. The van der Waals surface area contributed by atoms with Crippen molar-refractivity contribution >= 4 is 28.5 Å². The van der Waals surface area contributed by atoms with Gasteiger partial charge in [-0.1, -0.05) is 60.6 Å². The van der Waals surface area contributed by atoms with Crippen LogP contribution in [0.2, 0.25) is 0 Å². The predicted octanol–water partition coefficient (Wildman–Crippen LogP) is 6.08. The Bertz CT molecular complexity index is 1290. The SMILES string of the molecule is CCCC(=O)Oc1cc(NC(=O)c2c[nH]c3ccccc3c2=O)c(C(C)(C)C)cc1C(C)(C)C. The van der Waals surface area contributed by atoms with Crippen LogP contribution in [0.5, 0.6) is 5.75 Å². The van der Waals surface area contributed by atoms with Crippen molar-refractivity contribution in [2.45, 2.75) is 72.1 Å². The van der Waals surface area contributed by atoms with Crippen LogP contribution in [0.4, 0.5) is 5.69 Å². The number of benzene rings is 2. The molecule has 0 aliphatic rings. The number of carbonyl (C=O) groups is 2. The first-order chi connectivity index (χ1) is 15.8. The molecule has 0 fully saturated rings. The third-order valence-electron chi connectivity index (χ3n) is 5.69. The zero-order valence-corrected chi connectivity index (χ0v) is 21.1. The van der Waals surface area contributed by atoms with Gasteiger partial charge < -0.3 is 15.0 Å². The van der Waals surface area contributed by atoms with Gasteiger partial charge in [-0.05, 0) is 41.0 Å². The van der Waals surface area contributed by atoms with E-state index in [1.54, 1.807) is 24.3 Å². The average molecular weight is 463 g/mol. The first-order valence-corrected chi connectivity index (χ1v) is 11.6. The van der Waals surface area contributed by atoms with E-state index in [0.717, 1.165) is 11.1 Å². The molecule has 0 saturated carbocycles. The maximum absolute atomic E-state index is 13.2. The highest BCUT2D eigenvalue weighted by molar-refractivity contribution is 6.06. The van der Waals surface area contributed by atoms with Gasteiger partial charge in [0.05, 0.1) is 0 Å². The molecule has 6 nitrogen and oxygen atoms in total. The maximum Gasteiger partial charge on any atom is 0.311 e. The molecule has 0 radical (unpaired) electrons. The Morgan fingerprint density at radius 2 is 1.62 bits per heavy atom. The van der Waals surface area contributed by atoms with Crippen LogP contribution in [-0.4, -0.2) is 16.9 Å². The number of aromatic amines is 1. The van der Waals surface area contributed by atoms with Crippen molar-refractivity contribution in [3.63, 3.8) is 0 Å².